The summed E-state index contributed by atoms with van der Waals surface area (Å²) in [5, 5.41) is 0.0932. The molecule has 0 saturated heterocycles. The van der Waals surface area contributed by atoms with Crippen molar-refractivity contribution in [3.05, 3.63) is 82.6 Å². The number of hydrogen-bond donors (Lipinski definition) is 0. The minimum absolute atomic E-state index is 0.120. The summed E-state index contributed by atoms with van der Waals surface area (Å²) in [4.78, 5) is 24.3. The lowest BCUT2D eigenvalue weighted by Gasteiger charge is -2.19. The van der Waals surface area contributed by atoms with Gasteiger partial charge in [0.2, 0.25) is 5.91 Å². The fourth-order valence-electron chi connectivity index (χ4n) is 3.26. The highest BCUT2D eigenvalue weighted by atomic mass is 79.9. The Morgan fingerprint density at radius 3 is 2.52 bits per heavy atom. The maximum Gasteiger partial charge on any atom is 0.233 e. The van der Waals surface area contributed by atoms with Crippen LogP contribution in [0.15, 0.2) is 76.2 Å². The molecule has 0 aliphatic carbocycles. The molecule has 9 heteroatoms. The standard InChI is InChI=1S/C24H22BrN3O3S2/c1-16(2)33(30,31)20-9-6-17(7-10-20)13-23(29)28(15-19-5-3-4-12-26-19)24-27-21-11-8-18(25)14-22(21)32-24/h3-12,14,16H,13,15H2,1-2H3. The summed E-state index contributed by atoms with van der Waals surface area (Å²) in [5.41, 5.74) is 2.31. The summed E-state index contributed by atoms with van der Waals surface area (Å²) in [5.74, 6) is -0.141. The Labute approximate surface area is 205 Å². The molecule has 0 N–H and O–H groups in total. The number of benzene rings is 2. The number of rotatable bonds is 7. The van der Waals surface area contributed by atoms with Crippen LogP contribution in [0.3, 0.4) is 0 Å². The van der Waals surface area contributed by atoms with E-state index in [0.717, 1.165) is 25.9 Å². The summed E-state index contributed by atoms with van der Waals surface area (Å²) in [6, 6.07) is 17.9. The van der Waals surface area contributed by atoms with Gasteiger partial charge in [-0.05, 0) is 61.9 Å². The van der Waals surface area contributed by atoms with Crippen molar-refractivity contribution in [3.8, 4) is 0 Å². The van der Waals surface area contributed by atoms with E-state index < -0.39 is 15.1 Å². The molecule has 0 aliphatic rings. The first-order valence-corrected chi connectivity index (χ1v) is 13.5. The van der Waals surface area contributed by atoms with E-state index in [2.05, 4.69) is 25.9 Å². The first kappa shape index (κ1) is 23.5. The molecule has 2 aromatic carbocycles. The van der Waals surface area contributed by atoms with Gasteiger partial charge in [0.1, 0.15) is 0 Å². The molecule has 0 spiro atoms. The maximum absolute atomic E-state index is 13.4. The van der Waals surface area contributed by atoms with Gasteiger partial charge in [-0.2, -0.15) is 0 Å². The number of halogens is 1. The molecule has 0 aliphatic heterocycles. The van der Waals surface area contributed by atoms with Crippen LogP contribution in [0.2, 0.25) is 0 Å². The van der Waals surface area contributed by atoms with Crippen molar-refractivity contribution in [1.82, 2.24) is 9.97 Å². The van der Waals surface area contributed by atoms with Gasteiger partial charge in [0.15, 0.2) is 15.0 Å². The number of sulfone groups is 1. The average Bonchev–Trinajstić information content (AvgIpc) is 3.21. The highest BCUT2D eigenvalue weighted by Crippen LogP contribution is 2.32. The summed E-state index contributed by atoms with van der Waals surface area (Å²) < 4.78 is 26.7. The normalized spacial score (nSPS) is 11.8. The predicted octanol–water partition coefficient (Wildman–Crippen LogP) is 5.41. The second-order valence-electron chi connectivity index (χ2n) is 7.82. The van der Waals surface area contributed by atoms with E-state index in [-0.39, 0.29) is 17.2 Å². The Morgan fingerprint density at radius 2 is 1.85 bits per heavy atom. The van der Waals surface area contributed by atoms with Crippen LogP contribution in [-0.2, 0) is 27.6 Å². The van der Waals surface area contributed by atoms with Crippen LogP contribution in [-0.4, -0.2) is 29.5 Å². The molecule has 170 valence electrons. The zero-order valence-corrected chi connectivity index (χ0v) is 21.3. The van der Waals surface area contributed by atoms with Gasteiger partial charge < -0.3 is 0 Å². The van der Waals surface area contributed by atoms with Gasteiger partial charge in [0.25, 0.3) is 0 Å². The first-order valence-electron chi connectivity index (χ1n) is 10.3. The van der Waals surface area contributed by atoms with Crippen LogP contribution in [0.5, 0.6) is 0 Å². The van der Waals surface area contributed by atoms with Crippen LogP contribution >= 0.6 is 27.3 Å². The van der Waals surface area contributed by atoms with Crippen molar-refractivity contribution in [2.45, 2.75) is 37.0 Å². The number of carbonyl (C=O) groups is 1. The molecule has 0 fully saturated rings. The van der Waals surface area contributed by atoms with E-state index in [9.17, 15) is 13.2 Å². The lowest BCUT2D eigenvalue weighted by Crippen LogP contribution is -2.32. The Balaban J connectivity index is 1.63. The van der Waals surface area contributed by atoms with Gasteiger partial charge in [-0.1, -0.05) is 45.5 Å². The van der Waals surface area contributed by atoms with E-state index >= 15 is 0 Å². The van der Waals surface area contributed by atoms with E-state index in [0.29, 0.717) is 11.7 Å². The first-order chi connectivity index (χ1) is 15.7. The third-order valence-corrected chi connectivity index (χ3v) is 8.85. The summed E-state index contributed by atoms with van der Waals surface area (Å²) >= 11 is 4.92. The van der Waals surface area contributed by atoms with Crippen molar-refractivity contribution in [1.29, 1.82) is 0 Å². The smallest absolute Gasteiger partial charge is 0.233 e. The zero-order valence-electron chi connectivity index (χ0n) is 18.1. The molecule has 2 heterocycles. The number of pyridine rings is 1. The van der Waals surface area contributed by atoms with Crippen molar-refractivity contribution in [2.24, 2.45) is 0 Å². The van der Waals surface area contributed by atoms with Gasteiger partial charge in [0, 0.05) is 10.7 Å². The van der Waals surface area contributed by atoms with Gasteiger partial charge in [-0.3, -0.25) is 14.7 Å². The average molecular weight is 544 g/mol. The number of thiazole rings is 1. The molecule has 1 amide bonds. The largest absolute Gasteiger partial charge is 0.282 e. The highest BCUT2D eigenvalue weighted by Gasteiger charge is 2.22. The number of anilines is 1. The molecular weight excluding hydrogens is 522 g/mol. The van der Waals surface area contributed by atoms with Crippen molar-refractivity contribution in [3.63, 3.8) is 0 Å². The molecule has 0 bridgehead atoms. The van der Waals surface area contributed by atoms with Crippen molar-refractivity contribution in [2.75, 3.05) is 4.90 Å². The van der Waals surface area contributed by atoms with Crippen LogP contribution in [0.1, 0.15) is 25.1 Å². The Bertz CT molecular complexity index is 1390. The van der Waals surface area contributed by atoms with Crippen LogP contribution in [0.25, 0.3) is 10.2 Å². The molecule has 0 unspecified atom stereocenters. The molecule has 0 saturated carbocycles. The summed E-state index contributed by atoms with van der Waals surface area (Å²) in [7, 11) is -3.36. The topological polar surface area (TPSA) is 80.2 Å². The lowest BCUT2D eigenvalue weighted by atomic mass is 10.1. The molecule has 4 aromatic rings. The van der Waals surface area contributed by atoms with Gasteiger partial charge in [0.05, 0.1) is 39.0 Å². The third kappa shape index (κ3) is 5.31. The van der Waals surface area contributed by atoms with Gasteiger partial charge in [-0.15, -0.1) is 0 Å². The molecule has 4 rings (SSSR count). The maximum atomic E-state index is 13.4. The number of hydrogen-bond acceptors (Lipinski definition) is 6. The van der Waals surface area contributed by atoms with Crippen LogP contribution in [0.4, 0.5) is 5.13 Å². The molecule has 6 nitrogen and oxygen atoms in total. The quantitative estimate of drug-likeness (QED) is 0.311. The molecular formula is C24H22BrN3O3S2. The number of nitrogens with zero attached hydrogens (tertiary/aromatic N) is 3. The second-order valence-corrected chi connectivity index (χ2v) is 12.3. The number of carbonyl (C=O) groups excluding carboxylic acids is 1. The fourth-order valence-corrected chi connectivity index (χ4v) is 5.85. The van der Waals surface area contributed by atoms with Gasteiger partial charge in [-0.25, -0.2) is 13.4 Å². The summed E-state index contributed by atoms with van der Waals surface area (Å²) in [6.07, 6.45) is 1.82. The third-order valence-electron chi connectivity index (χ3n) is 5.15. The minimum atomic E-state index is -3.36. The van der Waals surface area contributed by atoms with E-state index in [1.807, 2.05) is 36.4 Å². The molecule has 33 heavy (non-hydrogen) atoms. The Hall–Kier alpha value is -2.62. The molecule has 0 atom stereocenters. The molecule has 0 radical (unpaired) electrons. The van der Waals surface area contributed by atoms with E-state index in [1.54, 1.807) is 49.2 Å². The van der Waals surface area contributed by atoms with Crippen molar-refractivity contribution >= 4 is 58.4 Å². The SMILES string of the molecule is CC(C)S(=O)(=O)c1ccc(CC(=O)N(Cc2ccccn2)c2nc3ccc(Br)cc3s2)cc1. The number of amides is 1. The monoisotopic (exact) mass is 543 g/mol. The predicted molar refractivity (Wildman–Crippen MR) is 135 cm³/mol. The summed E-state index contributed by atoms with van der Waals surface area (Å²) in [6.45, 7) is 3.60. The van der Waals surface area contributed by atoms with Gasteiger partial charge >= 0.3 is 0 Å². The number of fused-ring (bicyclic) bond motifs is 1. The van der Waals surface area contributed by atoms with E-state index in [4.69, 9.17) is 0 Å². The van der Waals surface area contributed by atoms with E-state index in [1.165, 1.54) is 11.3 Å². The number of aromatic nitrogens is 2. The fraction of sp³-hybridized carbons (Fsp3) is 0.208. The van der Waals surface area contributed by atoms with Crippen LogP contribution < -0.4 is 4.90 Å². The molecule has 2 aromatic heterocycles. The Morgan fingerprint density at radius 1 is 1.09 bits per heavy atom. The highest BCUT2D eigenvalue weighted by molar-refractivity contribution is 9.10. The van der Waals surface area contributed by atoms with Crippen molar-refractivity contribution < 1.29 is 13.2 Å². The lowest BCUT2D eigenvalue weighted by molar-refractivity contribution is -0.118. The second kappa shape index (κ2) is 9.70. The van der Waals surface area contributed by atoms with Crippen LogP contribution in [0, 0.1) is 0 Å². The zero-order chi connectivity index (χ0) is 23.6. The minimum Gasteiger partial charge on any atom is -0.282 e. The Kier molecular flexibility index (Phi) is 6.92.